The molecule has 3 N–H and O–H groups in total. The topological polar surface area (TPSA) is 38.0 Å². The molecule has 0 spiro atoms. The quantitative estimate of drug-likeness (QED) is 0.761. The molecule has 0 aromatic heterocycles. The highest BCUT2D eigenvalue weighted by molar-refractivity contribution is 5.20. The summed E-state index contributed by atoms with van der Waals surface area (Å²) in [5.41, 5.74) is 7.19. The molecule has 1 aliphatic rings. The van der Waals surface area contributed by atoms with E-state index < -0.39 is 0 Å². The highest BCUT2D eigenvalue weighted by Crippen LogP contribution is 2.36. The second-order valence-electron chi connectivity index (χ2n) is 4.17. The number of benzene rings is 1. The zero-order chi connectivity index (χ0) is 9.97. The van der Waals surface area contributed by atoms with Crippen LogP contribution in [0.2, 0.25) is 0 Å². The average molecular weight is 190 g/mol. The van der Waals surface area contributed by atoms with Crippen molar-refractivity contribution in [3.8, 4) is 0 Å². The molecule has 1 fully saturated rings. The maximum atomic E-state index is 5.81. The molecule has 0 saturated heterocycles. The summed E-state index contributed by atoms with van der Waals surface area (Å²) in [6.45, 7) is 0. The standard InChI is InChI=1S/C12H18N2/c1-14-12(10-7-11(13)8-10)9-5-3-2-4-6-9/h2-6,10-12,14H,7-8,13H2,1H3. The van der Waals surface area contributed by atoms with Crippen LogP contribution in [0.4, 0.5) is 0 Å². The van der Waals surface area contributed by atoms with Crippen LogP contribution in [0, 0.1) is 5.92 Å². The first kappa shape index (κ1) is 9.69. The maximum absolute atomic E-state index is 5.81. The second-order valence-corrected chi connectivity index (χ2v) is 4.17. The third-order valence-corrected chi connectivity index (χ3v) is 3.15. The monoisotopic (exact) mass is 190 g/mol. The average Bonchev–Trinajstić information content (AvgIpc) is 2.18. The van der Waals surface area contributed by atoms with E-state index in [1.807, 2.05) is 7.05 Å². The van der Waals surface area contributed by atoms with Gasteiger partial charge in [0.05, 0.1) is 0 Å². The van der Waals surface area contributed by atoms with Gasteiger partial charge < -0.3 is 11.1 Å². The zero-order valence-electron chi connectivity index (χ0n) is 8.61. The third-order valence-electron chi connectivity index (χ3n) is 3.15. The Morgan fingerprint density at radius 2 is 1.93 bits per heavy atom. The first-order valence-electron chi connectivity index (χ1n) is 5.29. The molecule has 2 rings (SSSR count). The molecule has 0 radical (unpaired) electrons. The Hall–Kier alpha value is -0.860. The molecule has 76 valence electrons. The minimum absolute atomic E-state index is 0.430. The van der Waals surface area contributed by atoms with E-state index in [4.69, 9.17) is 5.73 Å². The normalized spacial score (nSPS) is 28.1. The van der Waals surface area contributed by atoms with Gasteiger partial charge in [0.15, 0.2) is 0 Å². The predicted molar refractivity (Wildman–Crippen MR) is 58.9 cm³/mol. The number of hydrogen-bond donors (Lipinski definition) is 2. The molecular weight excluding hydrogens is 172 g/mol. The molecule has 0 heterocycles. The van der Waals surface area contributed by atoms with Gasteiger partial charge in [0.25, 0.3) is 0 Å². The number of rotatable bonds is 3. The Labute approximate surface area is 85.5 Å². The Kier molecular flexibility index (Phi) is 2.85. The Morgan fingerprint density at radius 1 is 1.29 bits per heavy atom. The fourth-order valence-electron chi connectivity index (χ4n) is 2.32. The van der Waals surface area contributed by atoms with E-state index in [2.05, 4.69) is 35.6 Å². The van der Waals surface area contributed by atoms with E-state index >= 15 is 0 Å². The third kappa shape index (κ3) is 1.81. The molecule has 14 heavy (non-hydrogen) atoms. The van der Waals surface area contributed by atoms with Crippen molar-refractivity contribution in [2.45, 2.75) is 24.9 Å². The maximum Gasteiger partial charge on any atom is 0.0347 e. The minimum atomic E-state index is 0.430. The molecule has 0 aliphatic heterocycles. The largest absolute Gasteiger partial charge is 0.328 e. The summed E-state index contributed by atoms with van der Waals surface area (Å²) < 4.78 is 0. The Balaban J connectivity index is 2.07. The van der Waals surface area contributed by atoms with E-state index in [1.165, 1.54) is 5.56 Å². The van der Waals surface area contributed by atoms with Crippen LogP contribution in [0.25, 0.3) is 0 Å². The fourth-order valence-corrected chi connectivity index (χ4v) is 2.32. The van der Waals surface area contributed by atoms with Crippen molar-refractivity contribution >= 4 is 0 Å². The van der Waals surface area contributed by atoms with Crippen LogP contribution in [-0.2, 0) is 0 Å². The van der Waals surface area contributed by atoms with Gasteiger partial charge in [-0.2, -0.15) is 0 Å². The summed E-state index contributed by atoms with van der Waals surface area (Å²) in [5.74, 6) is 0.720. The van der Waals surface area contributed by atoms with Gasteiger partial charge in [0, 0.05) is 12.1 Å². The molecule has 0 amide bonds. The molecule has 2 heteroatoms. The van der Waals surface area contributed by atoms with Crippen molar-refractivity contribution in [3.63, 3.8) is 0 Å². The number of nitrogens with one attached hydrogen (secondary N) is 1. The molecule has 1 aliphatic carbocycles. The van der Waals surface area contributed by atoms with Gasteiger partial charge in [-0.3, -0.25) is 0 Å². The van der Waals surface area contributed by atoms with Crippen molar-refractivity contribution in [1.29, 1.82) is 0 Å². The summed E-state index contributed by atoms with van der Waals surface area (Å²) in [7, 11) is 2.03. The van der Waals surface area contributed by atoms with E-state index in [-0.39, 0.29) is 0 Å². The first-order valence-corrected chi connectivity index (χ1v) is 5.29. The number of hydrogen-bond acceptors (Lipinski definition) is 2. The summed E-state index contributed by atoms with van der Waals surface area (Å²) in [6.07, 6.45) is 2.31. The van der Waals surface area contributed by atoms with Crippen LogP contribution in [0.3, 0.4) is 0 Å². The Morgan fingerprint density at radius 3 is 2.43 bits per heavy atom. The van der Waals surface area contributed by atoms with E-state index in [0.717, 1.165) is 18.8 Å². The lowest BCUT2D eigenvalue weighted by Gasteiger charge is -2.38. The van der Waals surface area contributed by atoms with Gasteiger partial charge in [-0.05, 0) is 31.4 Å². The lowest BCUT2D eigenvalue weighted by atomic mass is 9.74. The summed E-state index contributed by atoms with van der Waals surface area (Å²) >= 11 is 0. The molecule has 2 nitrogen and oxygen atoms in total. The Bertz CT molecular complexity index is 278. The van der Waals surface area contributed by atoms with Gasteiger partial charge in [0.1, 0.15) is 0 Å². The van der Waals surface area contributed by atoms with Crippen molar-refractivity contribution < 1.29 is 0 Å². The van der Waals surface area contributed by atoms with Crippen LogP contribution in [0.1, 0.15) is 24.4 Å². The summed E-state index contributed by atoms with van der Waals surface area (Å²) in [4.78, 5) is 0. The minimum Gasteiger partial charge on any atom is -0.328 e. The summed E-state index contributed by atoms with van der Waals surface area (Å²) in [6, 6.07) is 11.5. The summed E-state index contributed by atoms with van der Waals surface area (Å²) in [5, 5.41) is 3.39. The smallest absolute Gasteiger partial charge is 0.0347 e. The van der Waals surface area contributed by atoms with Gasteiger partial charge in [-0.1, -0.05) is 30.3 Å². The van der Waals surface area contributed by atoms with Gasteiger partial charge in [-0.15, -0.1) is 0 Å². The van der Waals surface area contributed by atoms with Crippen molar-refractivity contribution in [3.05, 3.63) is 35.9 Å². The van der Waals surface area contributed by atoms with E-state index in [1.54, 1.807) is 0 Å². The van der Waals surface area contributed by atoms with Crippen LogP contribution in [-0.4, -0.2) is 13.1 Å². The molecule has 1 unspecified atom stereocenters. The second kappa shape index (κ2) is 4.11. The van der Waals surface area contributed by atoms with Crippen molar-refractivity contribution in [2.24, 2.45) is 11.7 Å². The highest BCUT2D eigenvalue weighted by atomic mass is 14.9. The highest BCUT2D eigenvalue weighted by Gasteiger charge is 2.32. The van der Waals surface area contributed by atoms with Crippen LogP contribution in [0.5, 0.6) is 0 Å². The lowest BCUT2D eigenvalue weighted by Crippen LogP contribution is -2.42. The molecule has 0 bridgehead atoms. The van der Waals surface area contributed by atoms with E-state index in [0.29, 0.717) is 12.1 Å². The van der Waals surface area contributed by atoms with Gasteiger partial charge in [-0.25, -0.2) is 0 Å². The lowest BCUT2D eigenvalue weighted by molar-refractivity contribution is 0.204. The van der Waals surface area contributed by atoms with Crippen LogP contribution < -0.4 is 11.1 Å². The van der Waals surface area contributed by atoms with Gasteiger partial charge in [0.2, 0.25) is 0 Å². The first-order chi connectivity index (χ1) is 6.81. The molecule has 1 aromatic carbocycles. The van der Waals surface area contributed by atoms with E-state index in [9.17, 15) is 0 Å². The fraction of sp³-hybridized carbons (Fsp3) is 0.500. The molecule has 1 saturated carbocycles. The molecule has 1 aromatic rings. The van der Waals surface area contributed by atoms with Crippen molar-refractivity contribution in [1.82, 2.24) is 5.32 Å². The molecular formula is C12H18N2. The van der Waals surface area contributed by atoms with Crippen LogP contribution in [0.15, 0.2) is 30.3 Å². The van der Waals surface area contributed by atoms with Gasteiger partial charge >= 0.3 is 0 Å². The predicted octanol–water partition coefficient (Wildman–Crippen LogP) is 1.68. The van der Waals surface area contributed by atoms with Crippen LogP contribution >= 0.6 is 0 Å². The zero-order valence-corrected chi connectivity index (χ0v) is 8.61. The molecule has 1 atom stereocenters. The number of nitrogens with two attached hydrogens (primary N) is 1. The van der Waals surface area contributed by atoms with Crippen molar-refractivity contribution in [2.75, 3.05) is 7.05 Å². The SMILES string of the molecule is CNC(c1ccccc1)C1CC(N)C1.